The van der Waals surface area contributed by atoms with Crippen molar-refractivity contribution in [3.8, 4) is 23.0 Å². The normalized spacial score (nSPS) is 12.9. The lowest BCUT2D eigenvalue weighted by Gasteiger charge is -2.12. The van der Waals surface area contributed by atoms with Crippen LogP contribution in [-0.4, -0.2) is 37.0 Å². The van der Waals surface area contributed by atoms with E-state index in [0.717, 1.165) is 28.0 Å². The van der Waals surface area contributed by atoms with Gasteiger partial charge in [0.25, 0.3) is 5.89 Å². The van der Waals surface area contributed by atoms with Crippen LogP contribution in [0.4, 0.5) is 9.80 Å². The molecule has 0 aliphatic carbocycles. The van der Waals surface area contributed by atoms with Crippen molar-refractivity contribution in [2.24, 2.45) is 0 Å². The van der Waals surface area contributed by atoms with Crippen LogP contribution >= 0.6 is 11.3 Å². The van der Waals surface area contributed by atoms with Crippen LogP contribution in [0, 0.1) is 6.92 Å². The van der Waals surface area contributed by atoms with Gasteiger partial charge in [-0.2, -0.15) is 4.98 Å². The van der Waals surface area contributed by atoms with E-state index in [2.05, 4.69) is 20.8 Å². The first-order chi connectivity index (χ1) is 14.6. The topological polar surface area (TPSA) is 108 Å². The summed E-state index contributed by atoms with van der Waals surface area (Å²) in [7, 11) is 3.15. The third kappa shape index (κ3) is 4.10. The SMILES string of the molecule is COc1ccc(CNC(=O)Nc2sc3c(c2-c2nc(C)no2)CCOC3)cc1OC. The maximum atomic E-state index is 12.6. The molecule has 9 nitrogen and oxygen atoms in total. The van der Waals surface area contributed by atoms with E-state index in [1.807, 2.05) is 12.1 Å². The predicted molar refractivity (Wildman–Crippen MR) is 111 cm³/mol. The Balaban J connectivity index is 1.50. The molecule has 4 rings (SSSR count). The summed E-state index contributed by atoms with van der Waals surface area (Å²) < 4.78 is 21.5. The number of anilines is 1. The number of methoxy groups -OCH3 is 2. The zero-order valence-corrected chi connectivity index (χ0v) is 17.7. The number of carbonyl (C=O) groups excluding carboxylic acids is 1. The van der Waals surface area contributed by atoms with Crippen LogP contribution in [0.1, 0.15) is 21.8 Å². The van der Waals surface area contributed by atoms with Crippen LogP contribution in [0.15, 0.2) is 22.7 Å². The number of thiophene rings is 1. The van der Waals surface area contributed by atoms with Crippen LogP contribution in [0.25, 0.3) is 11.5 Å². The van der Waals surface area contributed by atoms with Crippen molar-refractivity contribution in [2.45, 2.75) is 26.5 Å². The van der Waals surface area contributed by atoms with Gasteiger partial charge in [0, 0.05) is 11.4 Å². The van der Waals surface area contributed by atoms with Gasteiger partial charge in [-0.05, 0) is 36.6 Å². The number of aryl methyl sites for hydroxylation is 1. The maximum Gasteiger partial charge on any atom is 0.320 e. The lowest BCUT2D eigenvalue weighted by Crippen LogP contribution is -2.28. The Morgan fingerprint density at radius 1 is 1.27 bits per heavy atom. The van der Waals surface area contributed by atoms with Gasteiger partial charge in [-0.3, -0.25) is 5.32 Å². The van der Waals surface area contributed by atoms with E-state index < -0.39 is 0 Å². The molecule has 3 aromatic rings. The molecule has 1 aliphatic rings. The average molecular weight is 430 g/mol. The fourth-order valence-electron chi connectivity index (χ4n) is 3.27. The number of fused-ring (bicyclic) bond motifs is 1. The van der Waals surface area contributed by atoms with Gasteiger partial charge in [-0.1, -0.05) is 11.2 Å². The molecule has 2 N–H and O–H groups in total. The molecule has 2 amide bonds. The number of benzene rings is 1. The smallest absolute Gasteiger partial charge is 0.320 e. The first-order valence-electron chi connectivity index (χ1n) is 9.37. The van der Waals surface area contributed by atoms with E-state index in [1.54, 1.807) is 27.2 Å². The van der Waals surface area contributed by atoms with Gasteiger partial charge in [-0.25, -0.2) is 4.79 Å². The van der Waals surface area contributed by atoms with Gasteiger partial charge in [0.2, 0.25) is 0 Å². The maximum absolute atomic E-state index is 12.6. The van der Waals surface area contributed by atoms with Crippen LogP contribution < -0.4 is 20.1 Å². The van der Waals surface area contributed by atoms with E-state index in [1.165, 1.54) is 11.3 Å². The molecular weight excluding hydrogens is 408 g/mol. The first-order valence-corrected chi connectivity index (χ1v) is 10.2. The molecule has 0 unspecified atom stereocenters. The number of nitrogens with zero attached hydrogens (tertiary/aromatic N) is 2. The zero-order valence-electron chi connectivity index (χ0n) is 16.9. The van der Waals surface area contributed by atoms with Gasteiger partial charge < -0.3 is 24.1 Å². The third-order valence-electron chi connectivity index (χ3n) is 4.69. The quantitative estimate of drug-likeness (QED) is 0.616. The van der Waals surface area contributed by atoms with Crippen LogP contribution in [0.3, 0.4) is 0 Å². The molecule has 0 spiro atoms. The summed E-state index contributed by atoms with van der Waals surface area (Å²) in [6.07, 6.45) is 0.734. The van der Waals surface area contributed by atoms with Gasteiger partial charge in [-0.15, -0.1) is 11.3 Å². The van der Waals surface area contributed by atoms with Gasteiger partial charge in [0.15, 0.2) is 17.3 Å². The summed E-state index contributed by atoms with van der Waals surface area (Å²) in [6, 6.07) is 5.17. The molecule has 3 heterocycles. The Morgan fingerprint density at radius 3 is 2.83 bits per heavy atom. The van der Waals surface area contributed by atoms with Gasteiger partial charge in [0.1, 0.15) is 5.00 Å². The number of urea groups is 1. The van der Waals surface area contributed by atoms with Crippen molar-refractivity contribution in [3.05, 3.63) is 40.0 Å². The number of hydrogen-bond donors (Lipinski definition) is 2. The molecule has 30 heavy (non-hydrogen) atoms. The number of hydrogen-bond acceptors (Lipinski definition) is 8. The first kappa shape index (κ1) is 20.2. The van der Waals surface area contributed by atoms with E-state index in [4.69, 9.17) is 18.7 Å². The summed E-state index contributed by atoms with van der Waals surface area (Å²) in [5.74, 6) is 2.19. The van der Waals surface area contributed by atoms with Crippen molar-refractivity contribution in [1.29, 1.82) is 0 Å². The van der Waals surface area contributed by atoms with E-state index >= 15 is 0 Å². The zero-order chi connectivity index (χ0) is 21.1. The minimum absolute atomic E-state index is 0.329. The molecule has 0 fully saturated rings. The standard InChI is InChI=1S/C20H22N4O5S/c1-11-22-18(29-24-11)17-13-6-7-28-10-16(13)30-19(17)23-20(25)21-9-12-4-5-14(26-2)15(8-12)27-3/h4-5,8H,6-7,9-10H2,1-3H3,(H2,21,23,25). The van der Waals surface area contributed by atoms with Crippen molar-refractivity contribution in [2.75, 3.05) is 26.1 Å². The third-order valence-corrected chi connectivity index (χ3v) is 5.81. The minimum atomic E-state index is -0.332. The lowest BCUT2D eigenvalue weighted by molar-refractivity contribution is 0.113. The monoisotopic (exact) mass is 430 g/mol. The average Bonchev–Trinajstić information content (AvgIpc) is 3.34. The Hall–Kier alpha value is -3.11. The molecule has 0 radical (unpaired) electrons. The highest BCUT2D eigenvalue weighted by Crippen LogP contribution is 2.42. The predicted octanol–water partition coefficient (Wildman–Crippen LogP) is 3.52. The summed E-state index contributed by atoms with van der Waals surface area (Å²) in [4.78, 5) is 18.0. The molecule has 158 valence electrons. The number of aromatic nitrogens is 2. The van der Waals surface area contributed by atoms with Crippen LogP contribution in [-0.2, 0) is 24.3 Å². The highest BCUT2D eigenvalue weighted by Gasteiger charge is 2.26. The Labute approximate surface area is 177 Å². The summed E-state index contributed by atoms with van der Waals surface area (Å²) >= 11 is 1.47. The Morgan fingerprint density at radius 2 is 2.10 bits per heavy atom. The van der Waals surface area contributed by atoms with E-state index in [-0.39, 0.29) is 6.03 Å². The highest BCUT2D eigenvalue weighted by molar-refractivity contribution is 7.17. The molecular formula is C20H22N4O5S. The molecule has 2 aromatic heterocycles. The summed E-state index contributed by atoms with van der Waals surface area (Å²) in [6.45, 7) is 3.22. The molecule has 1 aliphatic heterocycles. The minimum Gasteiger partial charge on any atom is -0.493 e. The molecule has 1 aromatic carbocycles. The van der Waals surface area contributed by atoms with Crippen LogP contribution in [0.5, 0.6) is 11.5 Å². The van der Waals surface area contributed by atoms with Crippen molar-refractivity contribution in [3.63, 3.8) is 0 Å². The fourth-order valence-corrected chi connectivity index (χ4v) is 4.44. The highest BCUT2D eigenvalue weighted by atomic mass is 32.1. The number of nitrogens with one attached hydrogen (secondary N) is 2. The Bertz CT molecular complexity index is 1060. The van der Waals surface area contributed by atoms with Crippen molar-refractivity contribution >= 4 is 22.4 Å². The van der Waals surface area contributed by atoms with Gasteiger partial charge >= 0.3 is 6.03 Å². The van der Waals surface area contributed by atoms with E-state index in [9.17, 15) is 4.79 Å². The number of amides is 2. The molecule has 0 atom stereocenters. The summed E-state index contributed by atoms with van der Waals surface area (Å²) in [5, 5.41) is 10.3. The van der Waals surface area contributed by atoms with E-state index in [0.29, 0.717) is 48.0 Å². The number of rotatable bonds is 6. The van der Waals surface area contributed by atoms with Crippen molar-refractivity contribution < 1.29 is 23.5 Å². The van der Waals surface area contributed by atoms with Gasteiger partial charge in [0.05, 0.1) is 33.0 Å². The second-order valence-corrected chi connectivity index (χ2v) is 7.76. The number of ether oxygens (including phenoxy) is 3. The fraction of sp³-hybridized carbons (Fsp3) is 0.350. The lowest BCUT2D eigenvalue weighted by atomic mass is 10.1. The molecule has 0 bridgehead atoms. The second kappa shape index (κ2) is 8.72. The largest absolute Gasteiger partial charge is 0.493 e. The molecule has 0 saturated carbocycles. The number of carbonyl (C=O) groups is 1. The second-order valence-electron chi connectivity index (χ2n) is 6.65. The summed E-state index contributed by atoms with van der Waals surface area (Å²) in [5.41, 5.74) is 2.75. The molecule has 10 heteroatoms. The Kier molecular flexibility index (Phi) is 5.86. The van der Waals surface area contributed by atoms with Crippen LogP contribution in [0.2, 0.25) is 0 Å². The molecule has 0 saturated heterocycles. The van der Waals surface area contributed by atoms with Crippen molar-refractivity contribution in [1.82, 2.24) is 15.5 Å².